The zero-order valence-corrected chi connectivity index (χ0v) is 16.9. The number of aromatic amines is 1. The van der Waals surface area contributed by atoms with Crippen LogP contribution in [0.2, 0.25) is 5.02 Å². The number of anilines is 1. The molecule has 8 nitrogen and oxygen atoms in total. The van der Waals surface area contributed by atoms with Crippen molar-refractivity contribution in [1.29, 1.82) is 0 Å². The predicted molar refractivity (Wildman–Crippen MR) is 108 cm³/mol. The number of morpholine rings is 1. The molecular weight excluding hydrogens is 399 g/mol. The molecule has 0 radical (unpaired) electrons. The molecule has 1 aliphatic heterocycles. The maximum Gasteiger partial charge on any atom is 0.183 e. The van der Waals surface area contributed by atoms with Crippen molar-refractivity contribution in [2.24, 2.45) is 0 Å². The molecule has 4 rings (SSSR count). The number of halogens is 2. The first-order valence-corrected chi connectivity index (χ1v) is 9.80. The summed E-state index contributed by atoms with van der Waals surface area (Å²) in [6, 6.07) is 1.77. The van der Waals surface area contributed by atoms with Crippen molar-refractivity contribution in [3.05, 3.63) is 35.5 Å². The standard InChI is InChI=1S/C19H22ClFN6O2/c1-11(2)29-27-3-4-28-13(10-27)7-23-19-16(21)9-25-18(26-19)15-8-24-17-14(15)5-12(20)6-22-17/h5-6,8-9,11,13H,3-4,7,10H2,1-2H3,(H,22,24)(H,23,25,26). The Morgan fingerprint density at radius 3 is 3.10 bits per heavy atom. The summed E-state index contributed by atoms with van der Waals surface area (Å²) in [5, 5.41) is 6.18. The lowest BCUT2D eigenvalue weighted by atomic mass is 10.2. The normalized spacial score (nSPS) is 17.9. The third-order valence-corrected chi connectivity index (χ3v) is 4.65. The number of rotatable bonds is 6. The van der Waals surface area contributed by atoms with E-state index < -0.39 is 5.82 Å². The van der Waals surface area contributed by atoms with E-state index in [1.807, 2.05) is 18.9 Å². The van der Waals surface area contributed by atoms with Gasteiger partial charge in [-0.1, -0.05) is 11.6 Å². The van der Waals surface area contributed by atoms with E-state index in [0.29, 0.717) is 48.3 Å². The Balaban J connectivity index is 1.49. The molecule has 4 heterocycles. The second-order valence-electron chi connectivity index (χ2n) is 7.06. The van der Waals surface area contributed by atoms with Crippen molar-refractivity contribution >= 4 is 28.5 Å². The lowest BCUT2D eigenvalue weighted by Gasteiger charge is -2.33. The minimum absolute atomic E-state index is 0.0998. The molecule has 10 heteroatoms. The summed E-state index contributed by atoms with van der Waals surface area (Å²) in [6.07, 6.45) is 4.39. The van der Waals surface area contributed by atoms with Crippen molar-refractivity contribution < 1.29 is 14.0 Å². The van der Waals surface area contributed by atoms with E-state index in [9.17, 15) is 4.39 Å². The number of ether oxygens (including phenoxy) is 1. The molecule has 0 aliphatic carbocycles. The van der Waals surface area contributed by atoms with E-state index in [1.165, 1.54) is 0 Å². The third kappa shape index (κ3) is 4.64. The van der Waals surface area contributed by atoms with Gasteiger partial charge in [0.05, 0.1) is 36.6 Å². The van der Waals surface area contributed by atoms with Gasteiger partial charge in [0.15, 0.2) is 17.5 Å². The van der Waals surface area contributed by atoms with E-state index in [1.54, 1.807) is 18.5 Å². The van der Waals surface area contributed by atoms with Gasteiger partial charge in [0.1, 0.15) is 5.65 Å². The van der Waals surface area contributed by atoms with Gasteiger partial charge in [-0.2, -0.15) is 5.06 Å². The molecule has 0 aromatic carbocycles. The van der Waals surface area contributed by atoms with Crippen LogP contribution in [-0.2, 0) is 9.57 Å². The second-order valence-corrected chi connectivity index (χ2v) is 7.49. The molecule has 3 aromatic rings. The van der Waals surface area contributed by atoms with Crippen LogP contribution in [0.3, 0.4) is 0 Å². The Morgan fingerprint density at radius 1 is 1.41 bits per heavy atom. The number of nitrogens with one attached hydrogen (secondary N) is 2. The topological polar surface area (TPSA) is 88.2 Å². The van der Waals surface area contributed by atoms with E-state index in [4.69, 9.17) is 21.2 Å². The Labute approximate surface area is 172 Å². The van der Waals surface area contributed by atoms with Crippen molar-refractivity contribution in [3.8, 4) is 11.4 Å². The number of nitrogens with zero attached hydrogens (tertiary/aromatic N) is 4. The molecule has 3 aromatic heterocycles. The third-order valence-electron chi connectivity index (χ3n) is 4.44. The van der Waals surface area contributed by atoms with Gasteiger partial charge in [-0.25, -0.2) is 19.3 Å². The smallest absolute Gasteiger partial charge is 0.183 e. The molecule has 1 unspecified atom stereocenters. The van der Waals surface area contributed by atoms with E-state index in [2.05, 4.69) is 25.3 Å². The average molecular weight is 421 g/mol. The van der Waals surface area contributed by atoms with Crippen molar-refractivity contribution in [3.63, 3.8) is 0 Å². The van der Waals surface area contributed by atoms with Gasteiger partial charge < -0.3 is 15.0 Å². The van der Waals surface area contributed by atoms with Gasteiger partial charge in [0, 0.05) is 36.4 Å². The van der Waals surface area contributed by atoms with Gasteiger partial charge in [0.2, 0.25) is 0 Å². The highest BCUT2D eigenvalue weighted by Crippen LogP contribution is 2.28. The minimum atomic E-state index is -0.532. The molecular formula is C19H22ClFN6O2. The van der Waals surface area contributed by atoms with Crippen LogP contribution in [0.25, 0.3) is 22.4 Å². The molecule has 0 spiro atoms. The Kier molecular flexibility index (Phi) is 5.91. The maximum absolute atomic E-state index is 14.3. The Morgan fingerprint density at radius 2 is 2.28 bits per heavy atom. The van der Waals surface area contributed by atoms with Gasteiger partial charge in [-0.05, 0) is 19.9 Å². The van der Waals surface area contributed by atoms with Crippen LogP contribution >= 0.6 is 11.6 Å². The van der Waals surface area contributed by atoms with E-state index in [-0.39, 0.29) is 18.0 Å². The maximum atomic E-state index is 14.3. The monoisotopic (exact) mass is 420 g/mol. The average Bonchev–Trinajstić information content (AvgIpc) is 3.10. The summed E-state index contributed by atoms with van der Waals surface area (Å²) in [5.41, 5.74) is 1.36. The predicted octanol–water partition coefficient (Wildman–Crippen LogP) is 3.27. The molecule has 0 saturated carbocycles. The molecule has 1 fully saturated rings. The van der Waals surface area contributed by atoms with Crippen LogP contribution in [0.4, 0.5) is 10.2 Å². The zero-order valence-electron chi connectivity index (χ0n) is 16.2. The van der Waals surface area contributed by atoms with Crippen LogP contribution in [0.15, 0.2) is 24.7 Å². The fourth-order valence-electron chi connectivity index (χ4n) is 3.20. The van der Waals surface area contributed by atoms with Gasteiger partial charge in [0.25, 0.3) is 0 Å². The fraction of sp³-hybridized carbons (Fsp3) is 0.421. The number of hydroxylamine groups is 2. The van der Waals surface area contributed by atoms with Crippen molar-refractivity contribution in [2.75, 3.05) is 31.6 Å². The molecule has 154 valence electrons. The summed E-state index contributed by atoms with van der Waals surface area (Å²) in [7, 11) is 0. The Hall–Kier alpha value is -2.33. The SMILES string of the molecule is CC(C)ON1CCOC(CNc2nc(-c3c[nH]c4ncc(Cl)cc34)ncc2F)C1. The largest absolute Gasteiger partial charge is 0.374 e. The Bertz CT molecular complexity index is 998. The summed E-state index contributed by atoms with van der Waals surface area (Å²) in [4.78, 5) is 21.5. The number of pyridine rings is 1. The molecule has 1 atom stereocenters. The summed E-state index contributed by atoms with van der Waals surface area (Å²) in [6.45, 7) is 6.21. The highest BCUT2D eigenvalue weighted by molar-refractivity contribution is 6.31. The lowest BCUT2D eigenvalue weighted by molar-refractivity contribution is -0.229. The highest BCUT2D eigenvalue weighted by atomic mass is 35.5. The van der Waals surface area contributed by atoms with E-state index in [0.717, 1.165) is 11.6 Å². The van der Waals surface area contributed by atoms with Gasteiger partial charge in [-0.15, -0.1) is 0 Å². The van der Waals surface area contributed by atoms with Crippen LogP contribution < -0.4 is 5.32 Å². The van der Waals surface area contributed by atoms with E-state index >= 15 is 0 Å². The molecule has 2 N–H and O–H groups in total. The number of H-pyrrole nitrogens is 1. The summed E-state index contributed by atoms with van der Waals surface area (Å²) >= 11 is 6.05. The molecule has 1 saturated heterocycles. The number of fused-ring (bicyclic) bond motifs is 1. The van der Waals surface area contributed by atoms with Gasteiger partial charge in [-0.3, -0.25) is 4.84 Å². The first kappa shape index (κ1) is 20.0. The zero-order chi connectivity index (χ0) is 20.4. The van der Waals surface area contributed by atoms with Crippen LogP contribution in [0, 0.1) is 5.82 Å². The van der Waals surface area contributed by atoms with Gasteiger partial charge >= 0.3 is 0 Å². The molecule has 0 amide bonds. The van der Waals surface area contributed by atoms with Crippen molar-refractivity contribution in [2.45, 2.75) is 26.1 Å². The lowest BCUT2D eigenvalue weighted by Crippen LogP contribution is -2.46. The van der Waals surface area contributed by atoms with Crippen LogP contribution in [0.1, 0.15) is 13.8 Å². The van der Waals surface area contributed by atoms with Crippen LogP contribution in [0.5, 0.6) is 0 Å². The first-order valence-electron chi connectivity index (χ1n) is 9.42. The minimum Gasteiger partial charge on any atom is -0.374 e. The van der Waals surface area contributed by atoms with Crippen LogP contribution in [-0.4, -0.2) is 63.4 Å². The highest BCUT2D eigenvalue weighted by Gasteiger charge is 2.22. The summed E-state index contributed by atoms with van der Waals surface area (Å²) < 4.78 is 20.0. The number of hydrogen-bond acceptors (Lipinski definition) is 7. The molecule has 0 bridgehead atoms. The molecule has 1 aliphatic rings. The molecule has 29 heavy (non-hydrogen) atoms. The number of hydrogen-bond donors (Lipinski definition) is 2. The number of aromatic nitrogens is 4. The fourth-order valence-corrected chi connectivity index (χ4v) is 3.36. The summed E-state index contributed by atoms with van der Waals surface area (Å²) in [5.74, 6) is -0.0424. The second kappa shape index (κ2) is 8.58. The van der Waals surface area contributed by atoms with Crippen molar-refractivity contribution in [1.82, 2.24) is 25.0 Å². The first-order chi connectivity index (χ1) is 14.0. The quantitative estimate of drug-likeness (QED) is 0.632.